The molecular weight excluding hydrogens is 244 g/mol. The van der Waals surface area contributed by atoms with Crippen molar-refractivity contribution in [3.63, 3.8) is 0 Å². The SMILES string of the molecule is CC[C@@H]1C(CCCCCCC(=O)OC)[C@@H](O)C[C@H]1O. The monoisotopic (exact) mass is 272 g/mol. The lowest BCUT2D eigenvalue weighted by molar-refractivity contribution is -0.140. The van der Waals surface area contributed by atoms with Crippen LogP contribution in [0, 0.1) is 11.8 Å². The highest BCUT2D eigenvalue weighted by atomic mass is 16.5. The van der Waals surface area contributed by atoms with Gasteiger partial charge in [-0.3, -0.25) is 4.79 Å². The van der Waals surface area contributed by atoms with Crippen LogP contribution < -0.4 is 0 Å². The zero-order valence-corrected chi connectivity index (χ0v) is 12.2. The van der Waals surface area contributed by atoms with Gasteiger partial charge in [0.1, 0.15) is 0 Å². The molecule has 1 unspecified atom stereocenters. The van der Waals surface area contributed by atoms with Crippen molar-refractivity contribution in [3.8, 4) is 0 Å². The van der Waals surface area contributed by atoms with Crippen LogP contribution in [-0.4, -0.2) is 35.5 Å². The molecule has 1 aliphatic rings. The largest absolute Gasteiger partial charge is 0.469 e. The molecule has 0 spiro atoms. The van der Waals surface area contributed by atoms with Crippen LogP contribution in [0.25, 0.3) is 0 Å². The molecule has 4 atom stereocenters. The van der Waals surface area contributed by atoms with E-state index >= 15 is 0 Å². The lowest BCUT2D eigenvalue weighted by Crippen LogP contribution is -2.21. The summed E-state index contributed by atoms with van der Waals surface area (Å²) in [5.41, 5.74) is 0. The van der Waals surface area contributed by atoms with Crippen LogP contribution in [0.3, 0.4) is 0 Å². The molecule has 1 aliphatic carbocycles. The maximum atomic E-state index is 10.9. The highest BCUT2D eigenvalue weighted by molar-refractivity contribution is 5.68. The number of unbranched alkanes of at least 4 members (excludes halogenated alkanes) is 3. The molecule has 0 aliphatic heterocycles. The maximum absolute atomic E-state index is 10.9. The number of hydrogen-bond acceptors (Lipinski definition) is 4. The summed E-state index contributed by atoms with van der Waals surface area (Å²) in [4.78, 5) is 10.9. The third-order valence-electron chi connectivity index (χ3n) is 4.39. The number of rotatable bonds is 8. The summed E-state index contributed by atoms with van der Waals surface area (Å²) in [6.45, 7) is 2.08. The Morgan fingerprint density at radius 1 is 1.11 bits per heavy atom. The van der Waals surface area contributed by atoms with E-state index < -0.39 is 0 Å². The minimum atomic E-state index is -0.338. The molecule has 0 radical (unpaired) electrons. The molecule has 0 aromatic rings. The van der Waals surface area contributed by atoms with Crippen LogP contribution in [0.4, 0.5) is 0 Å². The first kappa shape index (κ1) is 16.4. The molecule has 0 amide bonds. The van der Waals surface area contributed by atoms with E-state index in [0.717, 1.165) is 38.5 Å². The number of aliphatic hydroxyl groups is 2. The van der Waals surface area contributed by atoms with E-state index in [0.29, 0.717) is 12.8 Å². The van der Waals surface area contributed by atoms with Gasteiger partial charge in [-0.2, -0.15) is 0 Å². The molecular formula is C15H28O4. The Morgan fingerprint density at radius 3 is 2.37 bits per heavy atom. The molecule has 1 fully saturated rings. The summed E-state index contributed by atoms with van der Waals surface area (Å²) < 4.78 is 4.59. The zero-order chi connectivity index (χ0) is 14.3. The van der Waals surface area contributed by atoms with Crippen LogP contribution in [-0.2, 0) is 9.53 Å². The van der Waals surface area contributed by atoms with E-state index in [1.165, 1.54) is 7.11 Å². The molecule has 0 saturated heterocycles. The predicted octanol–water partition coefficient (Wildman–Crippen LogP) is 2.27. The van der Waals surface area contributed by atoms with Crippen molar-refractivity contribution in [2.24, 2.45) is 11.8 Å². The normalized spacial score (nSPS) is 30.5. The fraction of sp³-hybridized carbons (Fsp3) is 0.933. The topological polar surface area (TPSA) is 66.8 Å². The van der Waals surface area contributed by atoms with Crippen molar-refractivity contribution >= 4 is 5.97 Å². The molecule has 19 heavy (non-hydrogen) atoms. The van der Waals surface area contributed by atoms with Gasteiger partial charge in [-0.15, -0.1) is 0 Å². The summed E-state index contributed by atoms with van der Waals surface area (Å²) >= 11 is 0. The van der Waals surface area contributed by atoms with Crippen molar-refractivity contribution in [1.29, 1.82) is 0 Å². The lowest BCUT2D eigenvalue weighted by Gasteiger charge is -2.22. The predicted molar refractivity (Wildman–Crippen MR) is 73.6 cm³/mol. The van der Waals surface area contributed by atoms with E-state index in [1.807, 2.05) is 0 Å². The summed E-state index contributed by atoms with van der Waals surface area (Å²) in [7, 11) is 1.42. The van der Waals surface area contributed by atoms with Gasteiger partial charge < -0.3 is 14.9 Å². The van der Waals surface area contributed by atoms with Crippen LogP contribution in [0.2, 0.25) is 0 Å². The number of methoxy groups -OCH3 is 1. The Morgan fingerprint density at radius 2 is 1.74 bits per heavy atom. The molecule has 0 heterocycles. The van der Waals surface area contributed by atoms with E-state index in [4.69, 9.17) is 0 Å². The maximum Gasteiger partial charge on any atom is 0.305 e. The van der Waals surface area contributed by atoms with Crippen LogP contribution in [0.5, 0.6) is 0 Å². The van der Waals surface area contributed by atoms with Gasteiger partial charge in [-0.25, -0.2) is 0 Å². The third-order valence-corrected chi connectivity index (χ3v) is 4.39. The number of carbonyl (C=O) groups is 1. The van der Waals surface area contributed by atoms with Crippen LogP contribution in [0.1, 0.15) is 58.3 Å². The average Bonchev–Trinajstić information content (AvgIpc) is 2.67. The standard InChI is InChI=1S/C15H28O4/c1-3-11-12(14(17)10-13(11)16)8-6-4-5-7-9-15(18)19-2/h11-14,16-17H,3-10H2,1-2H3/t11-,12?,13-,14+/m1/s1. The van der Waals surface area contributed by atoms with E-state index in [-0.39, 0.29) is 30.0 Å². The number of carbonyl (C=O) groups excluding carboxylic acids is 1. The summed E-state index contributed by atoms with van der Waals surface area (Å²) in [6, 6.07) is 0. The molecule has 112 valence electrons. The Balaban J connectivity index is 2.13. The Bertz CT molecular complexity index is 267. The molecule has 0 aromatic carbocycles. The first-order valence-electron chi connectivity index (χ1n) is 7.53. The van der Waals surface area contributed by atoms with Crippen molar-refractivity contribution in [2.45, 2.75) is 70.5 Å². The van der Waals surface area contributed by atoms with Gasteiger partial charge in [0.25, 0.3) is 0 Å². The second kappa shape index (κ2) is 8.54. The number of ether oxygens (including phenoxy) is 1. The van der Waals surface area contributed by atoms with Gasteiger partial charge in [0, 0.05) is 6.42 Å². The second-order valence-corrected chi connectivity index (χ2v) is 5.64. The first-order valence-corrected chi connectivity index (χ1v) is 7.53. The fourth-order valence-electron chi connectivity index (χ4n) is 3.25. The van der Waals surface area contributed by atoms with E-state index in [1.54, 1.807) is 0 Å². The Kier molecular flexibility index (Phi) is 7.39. The van der Waals surface area contributed by atoms with Crippen molar-refractivity contribution in [1.82, 2.24) is 0 Å². The van der Waals surface area contributed by atoms with Gasteiger partial charge in [-0.1, -0.05) is 32.6 Å². The molecule has 2 N–H and O–H groups in total. The second-order valence-electron chi connectivity index (χ2n) is 5.64. The van der Waals surface area contributed by atoms with Gasteiger partial charge in [0.15, 0.2) is 0 Å². The molecule has 4 nitrogen and oxygen atoms in total. The van der Waals surface area contributed by atoms with Crippen LogP contribution in [0.15, 0.2) is 0 Å². The van der Waals surface area contributed by atoms with Gasteiger partial charge >= 0.3 is 5.97 Å². The number of aliphatic hydroxyl groups excluding tert-OH is 2. The first-order chi connectivity index (χ1) is 9.10. The highest BCUT2D eigenvalue weighted by Gasteiger charge is 2.39. The van der Waals surface area contributed by atoms with Crippen molar-refractivity contribution in [3.05, 3.63) is 0 Å². The summed E-state index contributed by atoms with van der Waals surface area (Å²) in [5, 5.41) is 19.8. The molecule has 0 aromatic heterocycles. The Hall–Kier alpha value is -0.610. The zero-order valence-electron chi connectivity index (χ0n) is 12.2. The van der Waals surface area contributed by atoms with Gasteiger partial charge in [0.05, 0.1) is 19.3 Å². The smallest absolute Gasteiger partial charge is 0.305 e. The van der Waals surface area contributed by atoms with Crippen molar-refractivity contribution in [2.75, 3.05) is 7.11 Å². The van der Waals surface area contributed by atoms with E-state index in [2.05, 4.69) is 11.7 Å². The quantitative estimate of drug-likeness (QED) is 0.525. The average molecular weight is 272 g/mol. The Labute approximate surface area is 116 Å². The minimum absolute atomic E-state index is 0.139. The van der Waals surface area contributed by atoms with Crippen LogP contribution >= 0.6 is 0 Å². The molecule has 4 heteroatoms. The summed E-state index contributed by atoms with van der Waals surface area (Å²) in [6.07, 6.45) is 6.32. The molecule has 1 rings (SSSR count). The minimum Gasteiger partial charge on any atom is -0.469 e. The molecule has 0 bridgehead atoms. The molecule has 1 saturated carbocycles. The third kappa shape index (κ3) is 5.11. The van der Waals surface area contributed by atoms with Gasteiger partial charge in [-0.05, 0) is 31.1 Å². The lowest BCUT2D eigenvalue weighted by atomic mass is 9.87. The highest BCUT2D eigenvalue weighted by Crippen LogP contribution is 2.37. The van der Waals surface area contributed by atoms with E-state index in [9.17, 15) is 15.0 Å². The fourth-order valence-corrected chi connectivity index (χ4v) is 3.25. The number of hydrogen-bond donors (Lipinski definition) is 2. The van der Waals surface area contributed by atoms with Gasteiger partial charge in [0.2, 0.25) is 0 Å². The number of esters is 1. The summed E-state index contributed by atoms with van der Waals surface area (Å²) in [5.74, 6) is 0.367. The van der Waals surface area contributed by atoms with Crippen molar-refractivity contribution < 1.29 is 19.7 Å².